The molecule has 2 fully saturated rings. The molecule has 4 atom stereocenters. The smallest absolute Gasteiger partial charge is 0.0340 e. The fourth-order valence-corrected chi connectivity index (χ4v) is 3.63. The first-order valence-corrected chi connectivity index (χ1v) is 7.88. The summed E-state index contributed by atoms with van der Waals surface area (Å²) in [6, 6.07) is 4.67. The van der Waals surface area contributed by atoms with Crippen LogP contribution in [-0.4, -0.2) is 24.6 Å². The molecular weight excluding hydrogens is 246 g/mol. The van der Waals surface area contributed by atoms with Crippen molar-refractivity contribution in [1.29, 1.82) is 0 Å². The molecule has 1 aliphatic carbocycles. The highest BCUT2D eigenvalue weighted by atomic mass is 15.0. The molecule has 2 unspecified atom stereocenters. The topological polar surface area (TPSA) is 37.0 Å². The van der Waals surface area contributed by atoms with Crippen LogP contribution in [0.3, 0.4) is 0 Å². The van der Waals surface area contributed by atoms with Gasteiger partial charge in [-0.3, -0.25) is 4.98 Å². The largest absolute Gasteiger partial charge is 0.316 e. The summed E-state index contributed by atoms with van der Waals surface area (Å²) >= 11 is 0. The van der Waals surface area contributed by atoms with Crippen LogP contribution < -0.4 is 10.6 Å². The Labute approximate surface area is 122 Å². The molecule has 20 heavy (non-hydrogen) atoms. The maximum Gasteiger partial charge on any atom is 0.0340 e. The van der Waals surface area contributed by atoms with Gasteiger partial charge in [-0.2, -0.15) is 0 Å². The van der Waals surface area contributed by atoms with Crippen LogP contribution in [-0.2, 0) is 0 Å². The van der Waals surface area contributed by atoms with Crippen molar-refractivity contribution in [3.8, 4) is 0 Å². The van der Waals surface area contributed by atoms with Crippen molar-refractivity contribution in [1.82, 2.24) is 15.6 Å². The summed E-state index contributed by atoms with van der Waals surface area (Å²) in [5.41, 5.74) is 1.65. The zero-order chi connectivity index (χ0) is 14.2. The van der Waals surface area contributed by atoms with E-state index in [4.69, 9.17) is 0 Å². The molecule has 0 bridgehead atoms. The molecular formula is C17H27N3. The first-order chi connectivity index (χ1) is 9.54. The summed E-state index contributed by atoms with van der Waals surface area (Å²) in [7, 11) is 0. The number of hydrogen-bond donors (Lipinski definition) is 2. The Balaban J connectivity index is 1.60. The molecule has 1 aliphatic heterocycles. The van der Waals surface area contributed by atoms with Gasteiger partial charge in [-0.25, -0.2) is 0 Å². The maximum atomic E-state index is 4.29. The van der Waals surface area contributed by atoms with Crippen molar-refractivity contribution in [3.63, 3.8) is 0 Å². The van der Waals surface area contributed by atoms with E-state index in [1.54, 1.807) is 0 Å². The lowest BCUT2D eigenvalue weighted by Crippen LogP contribution is -2.29. The van der Waals surface area contributed by atoms with Gasteiger partial charge in [-0.05, 0) is 60.9 Å². The summed E-state index contributed by atoms with van der Waals surface area (Å²) in [4.78, 5) is 4.29. The molecule has 0 radical (unpaired) electrons. The zero-order valence-electron chi connectivity index (χ0n) is 12.9. The molecule has 3 heteroatoms. The third-order valence-corrected chi connectivity index (χ3v) is 4.77. The molecule has 2 aliphatic rings. The van der Waals surface area contributed by atoms with E-state index >= 15 is 0 Å². The summed E-state index contributed by atoms with van der Waals surface area (Å²) in [5.74, 6) is 2.77. The average Bonchev–Trinajstić information content (AvgIpc) is 2.83. The number of hydrogen-bond acceptors (Lipinski definition) is 3. The predicted molar refractivity (Wildman–Crippen MR) is 82.4 cm³/mol. The number of nitrogens with one attached hydrogen (secondary N) is 2. The lowest BCUT2D eigenvalue weighted by molar-refractivity contribution is 0.306. The van der Waals surface area contributed by atoms with E-state index < -0.39 is 0 Å². The lowest BCUT2D eigenvalue weighted by atomic mass is 9.86. The molecule has 3 rings (SSSR count). The maximum absolute atomic E-state index is 4.29. The molecule has 0 amide bonds. The van der Waals surface area contributed by atoms with Gasteiger partial charge in [0, 0.05) is 18.4 Å². The number of piperidine rings is 1. The summed E-state index contributed by atoms with van der Waals surface area (Å²) in [6.45, 7) is 10.6. The Morgan fingerprint density at radius 1 is 1.35 bits per heavy atom. The van der Waals surface area contributed by atoms with Crippen LogP contribution in [0, 0.1) is 23.2 Å². The van der Waals surface area contributed by atoms with E-state index in [0.717, 1.165) is 30.7 Å². The number of nitrogens with zero attached hydrogens (tertiary/aromatic N) is 1. The van der Waals surface area contributed by atoms with Gasteiger partial charge in [-0.1, -0.05) is 26.8 Å². The highest BCUT2D eigenvalue weighted by Crippen LogP contribution is 2.48. The van der Waals surface area contributed by atoms with Gasteiger partial charge >= 0.3 is 0 Å². The summed E-state index contributed by atoms with van der Waals surface area (Å²) in [5, 5.41) is 7.29. The van der Waals surface area contributed by atoms with E-state index in [-0.39, 0.29) is 0 Å². The fraction of sp³-hybridized carbons (Fsp3) is 0.706. The second-order valence-electron chi connectivity index (χ2n) is 7.66. The normalized spacial score (nSPS) is 30.1. The second-order valence-corrected chi connectivity index (χ2v) is 7.66. The predicted octanol–water partition coefficient (Wildman–Crippen LogP) is 2.61. The van der Waals surface area contributed by atoms with E-state index in [0.29, 0.717) is 11.5 Å². The number of fused-ring (bicyclic) bond motifs is 1. The quantitative estimate of drug-likeness (QED) is 0.866. The number of pyridine rings is 1. The van der Waals surface area contributed by atoms with E-state index in [1.165, 1.54) is 18.7 Å². The van der Waals surface area contributed by atoms with Crippen LogP contribution in [0.25, 0.3) is 0 Å². The monoisotopic (exact) mass is 273 g/mol. The van der Waals surface area contributed by atoms with Gasteiger partial charge in [0.1, 0.15) is 0 Å². The first-order valence-electron chi connectivity index (χ1n) is 7.88. The molecule has 0 spiro atoms. The second kappa shape index (κ2) is 5.45. The van der Waals surface area contributed by atoms with Gasteiger partial charge in [0.15, 0.2) is 0 Å². The highest BCUT2D eigenvalue weighted by Gasteiger charge is 2.52. The van der Waals surface area contributed by atoms with Crippen molar-refractivity contribution in [2.45, 2.75) is 33.2 Å². The van der Waals surface area contributed by atoms with Crippen LogP contribution in [0.2, 0.25) is 0 Å². The number of aromatic nitrogens is 1. The van der Waals surface area contributed by atoms with Gasteiger partial charge in [0.2, 0.25) is 0 Å². The van der Waals surface area contributed by atoms with E-state index in [9.17, 15) is 0 Å². The van der Waals surface area contributed by atoms with Gasteiger partial charge in [0.25, 0.3) is 0 Å². The van der Waals surface area contributed by atoms with Crippen molar-refractivity contribution < 1.29 is 0 Å². The van der Waals surface area contributed by atoms with Gasteiger partial charge in [0.05, 0.1) is 0 Å². The molecule has 110 valence electrons. The molecule has 1 aromatic heterocycles. The van der Waals surface area contributed by atoms with Crippen molar-refractivity contribution in [2.24, 2.45) is 23.2 Å². The van der Waals surface area contributed by atoms with Gasteiger partial charge in [-0.15, -0.1) is 0 Å². The molecule has 2 N–H and O–H groups in total. The average molecular weight is 273 g/mol. The van der Waals surface area contributed by atoms with Crippen molar-refractivity contribution in [3.05, 3.63) is 30.1 Å². The Morgan fingerprint density at radius 3 is 2.70 bits per heavy atom. The Bertz CT molecular complexity index is 427. The molecule has 2 heterocycles. The minimum atomic E-state index is 0.328. The van der Waals surface area contributed by atoms with E-state index in [2.05, 4.69) is 42.5 Å². The highest BCUT2D eigenvalue weighted by molar-refractivity contribution is 5.15. The minimum Gasteiger partial charge on any atom is -0.316 e. The SMILES string of the molecule is CC(C)(C)CC(NCC1[C@H]2CNC[C@@H]12)c1cccnc1. The molecule has 1 saturated carbocycles. The van der Waals surface area contributed by atoms with Gasteiger partial charge < -0.3 is 10.6 Å². The van der Waals surface area contributed by atoms with Crippen LogP contribution in [0.5, 0.6) is 0 Å². The van der Waals surface area contributed by atoms with Crippen LogP contribution in [0.1, 0.15) is 38.8 Å². The van der Waals surface area contributed by atoms with Crippen molar-refractivity contribution in [2.75, 3.05) is 19.6 Å². The zero-order valence-corrected chi connectivity index (χ0v) is 12.9. The Kier molecular flexibility index (Phi) is 3.83. The Morgan fingerprint density at radius 2 is 2.10 bits per heavy atom. The van der Waals surface area contributed by atoms with Crippen molar-refractivity contribution >= 4 is 0 Å². The van der Waals surface area contributed by atoms with E-state index in [1.807, 2.05) is 18.5 Å². The molecule has 0 aromatic carbocycles. The fourth-order valence-electron chi connectivity index (χ4n) is 3.63. The van der Waals surface area contributed by atoms with Crippen LogP contribution in [0.4, 0.5) is 0 Å². The third kappa shape index (κ3) is 3.21. The number of rotatable bonds is 5. The van der Waals surface area contributed by atoms with Crippen LogP contribution >= 0.6 is 0 Å². The summed E-state index contributed by atoms with van der Waals surface area (Å²) < 4.78 is 0. The molecule has 1 saturated heterocycles. The third-order valence-electron chi connectivity index (χ3n) is 4.77. The van der Waals surface area contributed by atoms with Crippen LogP contribution in [0.15, 0.2) is 24.5 Å². The minimum absolute atomic E-state index is 0.328. The summed E-state index contributed by atoms with van der Waals surface area (Å²) in [6.07, 6.45) is 5.02. The standard InChI is InChI=1S/C17H27N3/c1-17(2,3)7-16(12-5-4-6-18-8-12)20-11-15-13-9-19-10-14(13)15/h4-6,8,13-16,19-20H,7,9-11H2,1-3H3/t13-,14+,15?,16?. The molecule has 1 aromatic rings. The lowest BCUT2D eigenvalue weighted by Gasteiger charge is -2.27. The molecule has 3 nitrogen and oxygen atoms in total. The first kappa shape index (κ1) is 14.0. The Hall–Kier alpha value is -0.930.